The highest BCUT2D eigenvalue weighted by molar-refractivity contribution is 6.24. The Morgan fingerprint density at radius 3 is 1.15 bits per heavy atom. The summed E-state index contributed by atoms with van der Waals surface area (Å²) in [5, 5.41) is 15.3. The molecule has 0 unspecified atom stereocenters. The van der Waals surface area contributed by atoms with Gasteiger partial charge in [-0.2, -0.15) is 0 Å². The zero-order valence-electron chi connectivity index (χ0n) is 30.7. The maximum Gasteiger partial charge on any atom is 0.164 e. The van der Waals surface area contributed by atoms with Gasteiger partial charge in [0.25, 0.3) is 0 Å². The fraction of sp³-hybridized carbons (Fsp3) is 0.137. The van der Waals surface area contributed by atoms with E-state index in [0.29, 0.717) is 13.2 Å². The van der Waals surface area contributed by atoms with E-state index in [1.54, 1.807) is 0 Å². The molecule has 0 N–H and O–H groups in total. The summed E-state index contributed by atoms with van der Waals surface area (Å²) in [5.74, 6) is 0.898. The molecule has 0 bridgehead atoms. The molecule has 1 heterocycles. The molecule has 0 radical (unpaired) electrons. The highest BCUT2D eigenvalue weighted by Crippen LogP contribution is 2.47. The van der Waals surface area contributed by atoms with Crippen molar-refractivity contribution in [2.75, 3.05) is 0 Å². The van der Waals surface area contributed by atoms with Crippen molar-refractivity contribution in [3.8, 4) is 11.5 Å². The molecule has 1 saturated heterocycles. The van der Waals surface area contributed by atoms with Crippen LogP contribution in [0, 0.1) is 0 Å². The summed E-state index contributed by atoms with van der Waals surface area (Å²) in [6.45, 7) is 4.92. The van der Waals surface area contributed by atoms with Crippen LogP contribution in [-0.4, -0.2) is 5.79 Å². The molecule has 10 aromatic rings. The summed E-state index contributed by atoms with van der Waals surface area (Å²) in [4.78, 5) is 0. The lowest BCUT2D eigenvalue weighted by Crippen LogP contribution is -2.20. The van der Waals surface area contributed by atoms with Crippen molar-refractivity contribution in [3.05, 3.63) is 180 Å². The Morgan fingerprint density at radius 1 is 0.400 bits per heavy atom. The lowest BCUT2D eigenvalue weighted by molar-refractivity contribution is -0.147. The van der Waals surface area contributed by atoms with Crippen LogP contribution in [0.1, 0.15) is 48.3 Å². The fourth-order valence-electron chi connectivity index (χ4n) is 8.92. The Morgan fingerprint density at radius 2 is 0.745 bits per heavy atom. The SMILES string of the molecule is CC1(C)O[C@H](c2ccc(OCc3ccc4ccc5cccc6ccc3c4c56)cc2)[C@H](c2ccc(OCc3ccc4ccc5cccc6ccc3c4c56)cc2)O1. The molecule has 0 saturated carbocycles. The second-order valence-corrected chi connectivity index (χ2v) is 15.4. The average Bonchev–Trinajstić information content (AvgIpc) is 3.56. The van der Waals surface area contributed by atoms with Crippen molar-refractivity contribution in [1.82, 2.24) is 0 Å². The minimum atomic E-state index is -0.732. The van der Waals surface area contributed by atoms with Crippen molar-refractivity contribution in [3.63, 3.8) is 0 Å². The third-order valence-corrected chi connectivity index (χ3v) is 11.5. The molecule has 11 rings (SSSR count). The van der Waals surface area contributed by atoms with Gasteiger partial charge in [0, 0.05) is 0 Å². The van der Waals surface area contributed by atoms with Gasteiger partial charge in [-0.25, -0.2) is 0 Å². The smallest absolute Gasteiger partial charge is 0.164 e. The summed E-state index contributed by atoms with van der Waals surface area (Å²) in [5.41, 5.74) is 4.43. The minimum Gasteiger partial charge on any atom is -0.489 e. The topological polar surface area (TPSA) is 36.9 Å². The first-order chi connectivity index (χ1) is 27.0. The zero-order valence-corrected chi connectivity index (χ0v) is 30.7. The number of hydrogen-bond donors (Lipinski definition) is 0. The molecule has 2 atom stereocenters. The van der Waals surface area contributed by atoms with Crippen LogP contribution < -0.4 is 9.47 Å². The summed E-state index contributed by atoms with van der Waals surface area (Å²) in [7, 11) is 0. The predicted octanol–water partition coefficient (Wildman–Crippen LogP) is 13.2. The average molecular weight is 715 g/mol. The number of rotatable bonds is 8. The van der Waals surface area contributed by atoms with Crippen LogP contribution in [0.5, 0.6) is 11.5 Å². The third-order valence-electron chi connectivity index (χ3n) is 11.5. The van der Waals surface area contributed by atoms with Crippen molar-refractivity contribution in [1.29, 1.82) is 0 Å². The number of benzene rings is 10. The van der Waals surface area contributed by atoms with E-state index in [2.05, 4.69) is 133 Å². The monoisotopic (exact) mass is 714 g/mol. The minimum absolute atomic E-state index is 0.273. The van der Waals surface area contributed by atoms with Gasteiger partial charge in [-0.05, 0) is 125 Å². The maximum absolute atomic E-state index is 6.51. The van der Waals surface area contributed by atoms with Crippen LogP contribution in [0.3, 0.4) is 0 Å². The van der Waals surface area contributed by atoms with E-state index in [1.165, 1.54) is 75.8 Å². The third kappa shape index (κ3) is 5.44. The molecule has 0 amide bonds. The largest absolute Gasteiger partial charge is 0.489 e. The number of ether oxygens (including phenoxy) is 4. The predicted molar refractivity (Wildman–Crippen MR) is 224 cm³/mol. The summed E-state index contributed by atoms with van der Waals surface area (Å²) >= 11 is 0. The molecule has 55 heavy (non-hydrogen) atoms. The molecule has 4 heteroatoms. The lowest BCUT2D eigenvalue weighted by atomic mass is 9.92. The molecule has 4 nitrogen and oxygen atoms in total. The Hall–Kier alpha value is -6.20. The molecule has 10 aromatic carbocycles. The molecule has 266 valence electrons. The van der Waals surface area contributed by atoms with Gasteiger partial charge in [0.05, 0.1) is 0 Å². The van der Waals surface area contributed by atoms with Crippen molar-refractivity contribution >= 4 is 64.6 Å². The van der Waals surface area contributed by atoms with Gasteiger partial charge in [0.1, 0.15) is 36.9 Å². The molecule has 0 aromatic heterocycles. The first-order valence-corrected chi connectivity index (χ1v) is 19.1. The van der Waals surface area contributed by atoms with Crippen molar-refractivity contribution in [2.45, 2.75) is 45.1 Å². The molecular weight excluding hydrogens is 677 g/mol. The normalized spacial score (nSPS) is 17.1. The van der Waals surface area contributed by atoms with Crippen LogP contribution in [-0.2, 0) is 22.7 Å². The standard InChI is InChI=1S/C51H38O4/c1-51(2)54-49(37-17-23-41(24-18-37)52-29-39-15-13-35-11-9-31-5-3-7-33-21-27-43(39)47(35)45(31)33)50(55-51)38-19-25-42(26-20-38)53-30-40-16-14-36-12-10-32-6-4-8-34-22-28-44(40)48(36)46(32)34/h3-28,49-50H,29-30H2,1-2H3/t49-,50+. The quantitative estimate of drug-likeness (QED) is 0.147. The highest BCUT2D eigenvalue weighted by Gasteiger charge is 2.43. The second kappa shape index (κ2) is 12.4. The Bertz CT molecular complexity index is 2780. The first kappa shape index (κ1) is 32.2. The van der Waals surface area contributed by atoms with Crippen LogP contribution in [0.2, 0.25) is 0 Å². The molecule has 1 aliphatic heterocycles. The summed E-state index contributed by atoms with van der Waals surface area (Å²) in [6.07, 6.45) is -0.545. The van der Waals surface area contributed by atoms with Crippen LogP contribution >= 0.6 is 0 Å². The van der Waals surface area contributed by atoms with Gasteiger partial charge in [-0.1, -0.05) is 133 Å². The van der Waals surface area contributed by atoms with E-state index >= 15 is 0 Å². The van der Waals surface area contributed by atoms with Gasteiger partial charge >= 0.3 is 0 Å². The van der Waals surface area contributed by atoms with Crippen LogP contribution in [0.25, 0.3) is 64.6 Å². The molecule has 1 fully saturated rings. The van der Waals surface area contributed by atoms with E-state index in [-0.39, 0.29) is 12.2 Å². The van der Waals surface area contributed by atoms with E-state index in [4.69, 9.17) is 18.9 Å². The van der Waals surface area contributed by atoms with E-state index < -0.39 is 5.79 Å². The fourth-order valence-corrected chi connectivity index (χ4v) is 8.92. The first-order valence-electron chi connectivity index (χ1n) is 19.1. The summed E-state index contributed by atoms with van der Waals surface area (Å²) in [6, 6.07) is 56.1. The van der Waals surface area contributed by atoms with Gasteiger partial charge in [0.15, 0.2) is 5.79 Å². The van der Waals surface area contributed by atoms with Gasteiger partial charge in [-0.3, -0.25) is 0 Å². The van der Waals surface area contributed by atoms with Crippen molar-refractivity contribution in [2.24, 2.45) is 0 Å². The lowest BCUT2D eigenvalue weighted by Gasteiger charge is -2.19. The zero-order chi connectivity index (χ0) is 36.7. The number of hydrogen-bond acceptors (Lipinski definition) is 4. The van der Waals surface area contributed by atoms with E-state index in [1.807, 2.05) is 38.1 Å². The highest BCUT2D eigenvalue weighted by atomic mass is 16.7. The molecular formula is C51H38O4. The molecule has 1 aliphatic rings. The molecule has 0 aliphatic carbocycles. The Labute approximate surface area is 319 Å². The Balaban J connectivity index is 0.802. The molecule has 0 spiro atoms. The van der Waals surface area contributed by atoms with Gasteiger partial charge < -0.3 is 18.9 Å². The van der Waals surface area contributed by atoms with E-state index in [0.717, 1.165) is 22.6 Å². The second-order valence-electron chi connectivity index (χ2n) is 15.4. The van der Waals surface area contributed by atoms with Crippen LogP contribution in [0.15, 0.2) is 158 Å². The van der Waals surface area contributed by atoms with Gasteiger partial charge in [0.2, 0.25) is 0 Å². The van der Waals surface area contributed by atoms with E-state index in [9.17, 15) is 0 Å². The maximum atomic E-state index is 6.51. The van der Waals surface area contributed by atoms with Crippen molar-refractivity contribution < 1.29 is 18.9 Å². The summed E-state index contributed by atoms with van der Waals surface area (Å²) < 4.78 is 25.8. The van der Waals surface area contributed by atoms with Gasteiger partial charge in [-0.15, -0.1) is 0 Å². The van der Waals surface area contributed by atoms with Crippen LogP contribution in [0.4, 0.5) is 0 Å². The Kier molecular flexibility index (Phi) is 7.28.